The lowest BCUT2D eigenvalue weighted by Crippen LogP contribution is -2.65. The molecule has 0 unspecified atom stereocenters. The number of rotatable bonds is 5. The number of thiophene rings is 2. The molecule has 534 valence electrons. The van der Waals surface area contributed by atoms with Gasteiger partial charge in [0, 0.05) is 126 Å². The molecule has 26 rings (SSSR count). The summed E-state index contributed by atoms with van der Waals surface area (Å²) in [7, 11) is 0. The summed E-state index contributed by atoms with van der Waals surface area (Å²) in [6, 6.07) is 105. The second kappa shape index (κ2) is 22.7. The Morgan fingerprint density at radius 3 is 1.09 bits per heavy atom. The van der Waals surface area contributed by atoms with Gasteiger partial charge in [-0.05, 0) is 182 Å². The molecule has 0 spiro atoms. The van der Waals surface area contributed by atoms with Gasteiger partial charge < -0.3 is 43.0 Å². The van der Waals surface area contributed by atoms with E-state index in [-0.39, 0.29) is 20.1 Å². The van der Waals surface area contributed by atoms with Crippen LogP contribution >= 0.6 is 22.7 Å². The molecule has 15 aromatic carbocycles. The van der Waals surface area contributed by atoms with Crippen LogP contribution in [0.3, 0.4) is 0 Å². The predicted molar refractivity (Wildman–Crippen MR) is 481 cm³/mol. The van der Waals surface area contributed by atoms with E-state index in [0.29, 0.717) is 0 Å². The molecular weight excluding hydrogens is 1430 g/mol. The fourth-order valence-corrected chi connectivity index (χ4v) is 23.9. The molecule has 20 aromatic rings. The Bertz CT molecular complexity index is 7250. The van der Waals surface area contributed by atoms with Gasteiger partial charge in [0.15, 0.2) is 0 Å². The Balaban J connectivity index is 0.789. The molecule has 6 aliphatic heterocycles. The minimum Gasteiger partial charge on any atom is -0.458 e. The summed E-state index contributed by atoms with van der Waals surface area (Å²) in [5.41, 5.74) is 34.0. The van der Waals surface area contributed by atoms with E-state index in [1.807, 2.05) is 22.7 Å². The van der Waals surface area contributed by atoms with Crippen molar-refractivity contribution in [3.05, 3.63) is 312 Å². The third kappa shape index (κ3) is 8.39. The van der Waals surface area contributed by atoms with E-state index < -0.39 is 0 Å². The van der Waals surface area contributed by atoms with E-state index in [1.165, 1.54) is 107 Å². The van der Waals surface area contributed by atoms with Crippen LogP contribution in [0.5, 0.6) is 34.5 Å². The number of fused-ring (bicyclic) bond motifs is 25. The predicted octanol–water partition coefficient (Wildman–Crippen LogP) is 20.7. The smallest absolute Gasteiger partial charge is 0.273 e. The van der Waals surface area contributed by atoms with Crippen LogP contribution in [-0.4, -0.2) is 33.8 Å². The molecule has 11 heterocycles. The largest absolute Gasteiger partial charge is 0.458 e. The van der Waals surface area contributed by atoms with Gasteiger partial charge in [-0.15, -0.1) is 22.7 Å². The summed E-state index contributed by atoms with van der Waals surface area (Å²) >= 11 is 3.70. The maximum absolute atomic E-state index is 7.90. The van der Waals surface area contributed by atoms with Crippen LogP contribution in [0.15, 0.2) is 279 Å². The highest BCUT2D eigenvalue weighted by molar-refractivity contribution is 7.34. The van der Waals surface area contributed by atoms with Crippen molar-refractivity contribution in [1.82, 2.24) is 13.7 Å². The van der Waals surface area contributed by atoms with Crippen LogP contribution in [0.1, 0.15) is 33.4 Å². The average molecular weight is 1500 g/mol. The van der Waals surface area contributed by atoms with E-state index in [9.17, 15) is 0 Å². The van der Waals surface area contributed by atoms with Gasteiger partial charge in [0.25, 0.3) is 20.1 Å². The Morgan fingerprint density at radius 2 is 0.640 bits per heavy atom. The molecule has 0 amide bonds. The molecule has 0 fully saturated rings. The summed E-state index contributed by atoms with van der Waals surface area (Å²) in [6.45, 7) is 12.9. The molecule has 6 aliphatic rings. The lowest BCUT2D eigenvalue weighted by molar-refractivity contribution is 0.467. The SMILES string of the molecule is Cc1cc(C)c(N2c3cc4c(cc3B3c5cc6c(cc5N(c5c(C)cc(C)cc5C)c5cc(-n7c8ccccc8c8ccccc87)cc2c53)Oc2cc(-n3c5ccccc5c5ccccc53)cc3c2B6c2sc5ccccc5c2O3)B2c3sc5ccccc5c3Oc3cc(-n5c6ccccc6c6ccccc65)cc(c32)N4)c(C)c1. The van der Waals surface area contributed by atoms with Gasteiger partial charge in [0.2, 0.25) is 0 Å². The number of anilines is 8. The molecule has 1 N–H and O–H groups in total. The van der Waals surface area contributed by atoms with Crippen molar-refractivity contribution in [2.75, 3.05) is 15.1 Å². The molecule has 0 aliphatic carbocycles. The maximum Gasteiger partial charge on any atom is 0.273 e. The molecule has 0 saturated carbocycles. The second-order valence-corrected chi connectivity index (χ2v) is 34.4. The van der Waals surface area contributed by atoms with Crippen molar-refractivity contribution in [1.29, 1.82) is 0 Å². The quantitative estimate of drug-likeness (QED) is 0.173. The number of aryl methyl sites for hydroxylation is 6. The van der Waals surface area contributed by atoms with Gasteiger partial charge in [-0.25, -0.2) is 0 Å². The van der Waals surface area contributed by atoms with Gasteiger partial charge in [-0.3, -0.25) is 0 Å². The third-order valence-corrected chi connectivity index (χ3v) is 28.0. The van der Waals surface area contributed by atoms with Crippen molar-refractivity contribution < 1.29 is 14.2 Å². The van der Waals surface area contributed by atoms with E-state index in [1.54, 1.807) is 0 Å². The number of aromatic nitrogens is 3. The van der Waals surface area contributed by atoms with Gasteiger partial charge in [0.05, 0.1) is 61.5 Å². The Hall–Kier alpha value is -13.4. The molecule has 0 bridgehead atoms. The van der Waals surface area contributed by atoms with E-state index in [0.717, 1.165) is 157 Å². The zero-order valence-corrected chi connectivity index (χ0v) is 64.7. The minimum absolute atomic E-state index is 0.204. The molecule has 114 heavy (non-hydrogen) atoms. The number of nitrogens with zero attached hydrogens (tertiary/aromatic N) is 5. The summed E-state index contributed by atoms with van der Waals surface area (Å²) in [5.74, 6) is 5.08. The van der Waals surface area contributed by atoms with Crippen molar-refractivity contribution in [3.8, 4) is 51.6 Å². The lowest BCUT2D eigenvalue weighted by atomic mass is 9.30. The zero-order chi connectivity index (χ0) is 75.1. The monoisotopic (exact) mass is 1490 g/mol. The normalized spacial score (nSPS) is 13.7. The van der Waals surface area contributed by atoms with Crippen molar-refractivity contribution in [2.24, 2.45) is 0 Å². The summed E-state index contributed by atoms with van der Waals surface area (Å²) in [4.78, 5) is 5.33. The Labute approximate surface area is 665 Å². The Morgan fingerprint density at radius 1 is 0.281 bits per heavy atom. The van der Waals surface area contributed by atoms with Crippen molar-refractivity contribution >= 4 is 222 Å². The van der Waals surface area contributed by atoms with E-state index >= 15 is 0 Å². The third-order valence-electron chi connectivity index (χ3n) is 25.6. The van der Waals surface area contributed by atoms with Gasteiger partial charge in [-0.1, -0.05) is 181 Å². The molecule has 9 nitrogen and oxygen atoms in total. The Kier molecular flexibility index (Phi) is 12.6. The number of ether oxygens (including phenoxy) is 3. The van der Waals surface area contributed by atoms with Crippen LogP contribution < -0.4 is 77.1 Å². The number of para-hydroxylation sites is 6. The van der Waals surface area contributed by atoms with Crippen LogP contribution in [-0.2, 0) is 0 Å². The highest BCUT2D eigenvalue weighted by atomic mass is 32.1. The maximum atomic E-state index is 7.90. The lowest BCUT2D eigenvalue weighted by Gasteiger charge is -2.47. The van der Waals surface area contributed by atoms with E-state index in [2.05, 4.69) is 349 Å². The standard InChI is InChI=1S/C100H65B3N6O3S2/c1-53-39-55(3)95(56(4)40-53)108-82-51-74-70(102-92-75(104-74)43-59(46-87(92)111-97-68-29-13-21-37-90(68)113-99(97)102)105-76-31-15-7-23-62(76)63-24-8-16-32-77(63)105)49-71(82)101-72-50-73-86(52-83(72)109(96-57(5)41-54(2)42-58(96)6)85-45-60(44-84(108)93(85)101)106-78-33-17-9-25-64(78)65-26-10-18-34-79(65)106)110-88-47-61(107-80-35-19-11-27-66(80)67-28-12-20-36-81(67)107)48-89-94(88)103(73)100-98(112-89)69-30-14-22-38-91(69)114-100/h7-52,104H,1-6H3. The number of hydrogen-bond acceptors (Lipinski definition) is 8. The van der Waals surface area contributed by atoms with Crippen LogP contribution in [0.2, 0.25) is 0 Å². The van der Waals surface area contributed by atoms with Gasteiger partial charge in [0.1, 0.15) is 34.5 Å². The van der Waals surface area contributed by atoms with Crippen LogP contribution in [0.4, 0.5) is 45.5 Å². The average Bonchev–Trinajstić information content (AvgIpc) is 0.750. The fraction of sp³-hybridized carbons (Fsp3) is 0.0600. The number of hydrogen-bond donors (Lipinski definition) is 1. The summed E-state index contributed by atoms with van der Waals surface area (Å²) < 4.78 is 35.1. The number of nitrogens with one attached hydrogen (secondary N) is 1. The van der Waals surface area contributed by atoms with E-state index in [4.69, 9.17) is 14.2 Å². The van der Waals surface area contributed by atoms with Crippen molar-refractivity contribution in [3.63, 3.8) is 0 Å². The first-order chi connectivity index (χ1) is 56.0. The first-order valence-corrected chi connectivity index (χ1v) is 41.1. The van der Waals surface area contributed by atoms with Crippen LogP contribution in [0.25, 0.3) is 103 Å². The molecule has 14 heteroatoms. The molecule has 5 aromatic heterocycles. The first kappa shape index (κ1) is 63.3. The zero-order valence-electron chi connectivity index (χ0n) is 63.1. The highest BCUT2D eigenvalue weighted by Crippen LogP contribution is 2.53. The minimum atomic E-state index is -0.340. The molecular formula is C100H65B3N6O3S2. The summed E-state index contributed by atoms with van der Waals surface area (Å²) in [6.07, 6.45) is 0. The number of benzene rings is 15. The van der Waals surface area contributed by atoms with Gasteiger partial charge >= 0.3 is 0 Å². The van der Waals surface area contributed by atoms with Gasteiger partial charge in [-0.2, -0.15) is 0 Å². The molecule has 0 radical (unpaired) electrons. The fourth-order valence-electron chi connectivity index (χ4n) is 21.4. The highest BCUT2D eigenvalue weighted by Gasteiger charge is 2.51. The van der Waals surface area contributed by atoms with Crippen molar-refractivity contribution in [2.45, 2.75) is 41.5 Å². The van der Waals surface area contributed by atoms with Crippen LogP contribution in [0, 0.1) is 41.5 Å². The second-order valence-electron chi connectivity index (χ2n) is 32.2. The topological polar surface area (TPSA) is 61.0 Å². The molecule has 0 saturated heterocycles. The first-order valence-electron chi connectivity index (χ1n) is 39.4. The molecule has 0 atom stereocenters. The summed E-state index contributed by atoms with van der Waals surface area (Å²) in [5, 5.41) is 13.7.